The largest absolute Gasteiger partial charge is 0.417 e. The van der Waals surface area contributed by atoms with Crippen molar-refractivity contribution in [3.05, 3.63) is 133 Å². The molecule has 0 aliphatic heterocycles. The van der Waals surface area contributed by atoms with Gasteiger partial charge in [0.2, 0.25) is 0 Å². The molecule has 0 saturated carbocycles. The normalized spacial score (nSPS) is 10.7. The molecule has 41 heavy (non-hydrogen) atoms. The van der Waals surface area contributed by atoms with E-state index in [1.54, 1.807) is 24.5 Å². The number of pyridine rings is 2. The minimum atomic E-state index is -0.589. The molecule has 8 nitrogen and oxygen atoms in total. The van der Waals surface area contributed by atoms with Crippen molar-refractivity contribution in [3.8, 4) is 11.5 Å². The Balaban J connectivity index is 1.02. The van der Waals surface area contributed by atoms with Crippen LogP contribution in [-0.2, 0) is 6.42 Å². The Kier molecular flexibility index (Phi) is 7.19. The first kappa shape index (κ1) is 25.5. The second kappa shape index (κ2) is 11.5. The van der Waals surface area contributed by atoms with E-state index in [1.165, 1.54) is 0 Å². The van der Waals surface area contributed by atoms with Crippen LogP contribution < -0.4 is 20.1 Å². The standard InChI is InChI=1S/C33H24N4O4/c38-32(40-28-9-1-5-24-7-3-19-34-30(24)28)36-26-15-11-22(12-16-26)21-23-13-17-27(18-14-23)37-33(39)41-29-10-2-6-25-8-4-20-35-31(25)29/h1-20H,21H2,(H,36,38)(H,37,39). The molecule has 0 aliphatic rings. The van der Waals surface area contributed by atoms with Crippen LogP contribution in [0.15, 0.2) is 122 Å². The third-order valence-corrected chi connectivity index (χ3v) is 6.41. The van der Waals surface area contributed by atoms with Gasteiger partial charge in [0.25, 0.3) is 0 Å². The fourth-order valence-corrected chi connectivity index (χ4v) is 4.45. The first-order valence-electron chi connectivity index (χ1n) is 12.9. The van der Waals surface area contributed by atoms with Gasteiger partial charge in [0.1, 0.15) is 11.0 Å². The molecule has 6 rings (SSSR count). The van der Waals surface area contributed by atoms with Crippen LogP contribution >= 0.6 is 0 Å². The lowest BCUT2D eigenvalue weighted by atomic mass is 10.0. The Morgan fingerprint density at radius 3 is 1.39 bits per heavy atom. The number of fused-ring (bicyclic) bond motifs is 2. The number of para-hydroxylation sites is 2. The Morgan fingerprint density at radius 1 is 0.537 bits per heavy atom. The molecule has 0 bridgehead atoms. The summed E-state index contributed by atoms with van der Waals surface area (Å²) in [6.45, 7) is 0. The Hall–Kier alpha value is -5.76. The quantitative estimate of drug-likeness (QED) is 0.226. The summed E-state index contributed by atoms with van der Waals surface area (Å²) in [4.78, 5) is 33.5. The SMILES string of the molecule is O=C(Nc1ccc(Cc2ccc(NC(=O)Oc3cccc4cccnc34)cc2)cc1)Oc1cccc2cccnc12. The fourth-order valence-electron chi connectivity index (χ4n) is 4.45. The van der Waals surface area contributed by atoms with Crippen molar-refractivity contribution >= 4 is 45.4 Å². The molecule has 0 atom stereocenters. The van der Waals surface area contributed by atoms with E-state index in [1.807, 2.05) is 97.1 Å². The van der Waals surface area contributed by atoms with E-state index in [4.69, 9.17) is 9.47 Å². The number of amides is 2. The van der Waals surface area contributed by atoms with Gasteiger partial charge < -0.3 is 9.47 Å². The van der Waals surface area contributed by atoms with Crippen LogP contribution in [0.4, 0.5) is 21.0 Å². The third-order valence-electron chi connectivity index (χ3n) is 6.41. The summed E-state index contributed by atoms with van der Waals surface area (Å²) >= 11 is 0. The van der Waals surface area contributed by atoms with E-state index < -0.39 is 12.2 Å². The van der Waals surface area contributed by atoms with Gasteiger partial charge in [0.15, 0.2) is 11.5 Å². The fraction of sp³-hybridized carbons (Fsp3) is 0.0303. The summed E-state index contributed by atoms with van der Waals surface area (Å²) in [5.41, 5.74) is 4.61. The highest BCUT2D eigenvalue weighted by molar-refractivity contribution is 5.92. The zero-order valence-electron chi connectivity index (χ0n) is 21.8. The number of hydrogen-bond donors (Lipinski definition) is 2. The van der Waals surface area contributed by atoms with Gasteiger partial charge in [-0.25, -0.2) is 9.59 Å². The van der Waals surface area contributed by atoms with Crippen molar-refractivity contribution in [1.29, 1.82) is 0 Å². The van der Waals surface area contributed by atoms with Crippen LogP contribution in [0.1, 0.15) is 11.1 Å². The van der Waals surface area contributed by atoms with E-state index in [0.29, 0.717) is 40.3 Å². The smallest absolute Gasteiger partial charge is 0.408 e. The molecule has 8 heteroatoms. The van der Waals surface area contributed by atoms with E-state index in [-0.39, 0.29) is 0 Å². The number of hydrogen-bond acceptors (Lipinski definition) is 6. The van der Waals surface area contributed by atoms with Gasteiger partial charge in [0, 0.05) is 34.5 Å². The molecule has 2 heterocycles. The highest BCUT2D eigenvalue weighted by Gasteiger charge is 2.11. The number of nitrogens with one attached hydrogen (secondary N) is 2. The average Bonchev–Trinajstić information content (AvgIpc) is 2.99. The van der Waals surface area contributed by atoms with Gasteiger partial charge in [-0.2, -0.15) is 0 Å². The summed E-state index contributed by atoms with van der Waals surface area (Å²) in [5, 5.41) is 7.29. The molecule has 2 aromatic heterocycles. The van der Waals surface area contributed by atoms with Crippen LogP contribution in [0.3, 0.4) is 0 Å². The lowest BCUT2D eigenvalue weighted by Gasteiger charge is -2.10. The molecule has 0 unspecified atom stereocenters. The molecule has 0 fully saturated rings. The maximum Gasteiger partial charge on any atom is 0.417 e. The van der Waals surface area contributed by atoms with Crippen LogP contribution in [-0.4, -0.2) is 22.2 Å². The summed E-state index contributed by atoms with van der Waals surface area (Å²) in [5.74, 6) is 0.794. The van der Waals surface area contributed by atoms with E-state index in [0.717, 1.165) is 21.9 Å². The number of benzene rings is 4. The highest BCUT2D eigenvalue weighted by atomic mass is 16.6. The Bertz CT molecular complexity index is 1710. The number of nitrogens with zero attached hydrogens (tertiary/aromatic N) is 2. The molecule has 0 aliphatic carbocycles. The zero-order chi connectivity index (χ0) is 28.0. The van der Waals surface area contributed by atoms with Gasteiger partial charge in [-0.3, -0.25) is 20.6 Å². The lowest BCUT2D eigenvalue weighted by Crippen LogP contribution is -2.17. The minimum absolute atomic E-state index is 0.397. The molecule has 200 valence electrons. The second-order valence-electron chi connectivity index (χ2n) is 9.26. The second-order valence-corrected chi connectivity index (χ2v) is 9.26. The van der Waals surface area contributed by atoms with E-state index >= 15 is 0 Å². The van der Waals surface area contributed by atoms with Crippen molar-refractivity contribution in [2.75, 3.05) is 10.6 Å². The van der Waals surface area contributed by atoms with Gasteiger partial charge in [-0.05, 0) is 66.1 Å². The van der Waals surface area contributed by atoms with Gasteiger partial charge in [0.05, 0.1) is 0 Å². The maximum absolute atomic E-state index is 12.5. The first-order chi connectivity index (χ1) is 20.1. The molecular weight excluding hydrogens is 516 g/mol. The molecule has 6 aromatic rings. The molecule has 2 N–H and O–H groups in total. The zero-order valence-corrected chi connectivity index (χ0v) is 21.8. The number of aromatic nitrogens is 2. The predicted octanol–water partition coefficient (Wildman–Crippen LogP) is 7.60. The van der Waals surface area contributed by atoms with Gasteiger partial charge >= 0.3 is 12.2 Å². The van der Waals surface area contributed by atoms with Gasteiger partial charge in [-0.15, -0.1) is 0 Å². The van der Waals surface area contributed by atoms with Gasteiger partial charge in [-0.1, -0.05) is 60.7 Å². The topological polar surface area (TPSA) is 102 Å². The van der Waals surface area contributed by atoms with E-state index in [2.05, 4.69) is 20.6 Å². The summed E-state index contributed by atoms with van der Waals surface area (Å²) in [7, 11) is 0. The molecule has 0 radical (unpaired) electrons. The lowest BCUT2D eigenvalue weighted by molar-refractivity contribution is 0.214. The monoisotopic (exact) mass is 540 g/mol. The van der Waals surface area contributed by atoms with Crippen molar-refractivity contribution in [3.63, 3.8) is 0 Å². The van der Waals surface area contributed by atoms with E-state index in [9.17, 15) is 9.59 Å². The summed E-state index contributed by atoms with van der Waals surface area (Å²) < 4.78 is 11.0. The number of rotatable bonds is 6. The molecular formula is C33H24N4O4. The average molecular weight is 541 g/mol. The van der Waals surface area contributed by atoms with Crippen LogP contribution in [0.5, 0.6) is 11.5 Å². The van der Waals surface area contributed by atoms with Crippen molar-refractivity contribution in [2.45, 2.75) is 6.42 Å². The maximum atomic E-state index is 12.5. The first-order valence-corrected chi connectivity index (χ1v) is 12.9. The third kappa shape index (κ3) is 6.12. The highest BCUT2D eigenvalue weighted by Crippen LogP contribution is 2.25. The van der Waals surface area contributed by atoms with Crippen molar-refractivity contribution in [1.82, 2.24) is 9.97 Å². The predicted molar refractivity (Wildman–Crippen MR) is 158 cm³/mol. The number of carbonyl (C=O) groups excluding carboxylic acids is 2. The Morgan fingerprint density at radius 2 is 0.951 bits per heavy atom. The minimum Gasteiger partial charge on any atom is -0.408 e. The summed E-state index contributed by atoms with van der Waals surface area (Å²) in [6, 6.07) is 33.4. The molecule has 2 amide bonds. The van der Waals surface area contributed by atoms with Crippen LogP contribution in [0, 0.1) is 0 Å². The summed E-state index contributed by atoms with van der Waals surface area (Å²) in [6.07, 6.45) is 2.83. The van der Waals surface area contributed by atoms with Crippen LogP contribution in [0.2, 0.25) is 0 Å². The molecule has 0 saturated heterocycles. The number of carbonyl (C=O) groups is 2. The number of ether oxygens (including phenoxy) is 2. The van der Waals surface area contributed by atoms with Crippen molar-refractivity contribution < 1.29 is 19.1 Å². The Labute approximate surface area is 235 Å². The van der Waals surface area contributed by atoms with Crippen molar-refractivity contribution in [2.24, 2.45) is 0 Å². The van der Waals surface area contributed by atoms with Crippen LogP contribution in [0.25, 0.3) is 21.8 Å². The molecule has 4 aromatic carbocycles. The molecule has 0 spiro atoms. The number of anilines is 2.